The van der Waals surface area contributed by atoms with Gasteiger partial charge in [-0.25, -0.2) is 0 Å². The largest absolute Gasteiger partial charge is 0.437 e. The van der Waals surface area contributed by atoms with Crippen molar-refractivity contribution in [2.75, 3.05) is 12.4 Å². The second-order valence-electron chi connectivity index (χ2n) is 4.25. The molecule has 2 rings (SSSR count). The highest BCUT2D eigenvalue weighted by Gasteiger charge is 2.08. The third-order valence-electron chi connectivity index (χ3n) is 2.95. The molecule has 0 spiro atoms. The van der Waals surface area contributed by atoms with Gasteiger partial charge in [0.25, 0.3) is 0 Å². The Balaban J connectivity index is 2.36. The number of benzene rings is 1. The molecule has 0 aliphatic rings. The lowest BCUT2D eigenvalue weighted by Gasteiger charge is -2.13. The summed E-state index contributed by atoms with van der Waals surface area (Å²) in [6.45, 7) is 6.14. The van der Waals surface area contributed by atoms with Crippen molar-refractivity contribution >= 4 is 5.82 Å². The number of rotatable bonds is 3. The van der Waals surface area contributed by atoms with Crippen molar-refractivity contribution in [2.45, 2.75) is 20.8 Å². The van der Waals surface area contributed by atoms with Crippen LogP contribution in [-0.4, -0.2) is 17.0 Å². The Kier molecular flexibility index (Phi) is 3.46. The van der Waals surface area contributed by atoms with Gasteiger partial charge in [0.1, 0.15) is 11.6 Å². The van der Waals surface area contributed by atoms with Crippen LogP contribution in [0.2, 0.25) is 0 Å². The maximum Gasteiger partial charge on any atom is 0.239 e. The molecular weight excluding hydrogens is 226 g/mol. The summed E-state index contributed by atoms with van der Waals surface area (Å²) in [6, 6.07) is 4.14. The number of hydrogen-bond donors (Lipinski definition) is 1. The summed E-state index contributed by atoms with van der Waals surface area (Å²) < 4.78 is 5.85. The minimum absolute atomic E-state index is 0.499. The van der Waals surface area contributed by atoms with Gasteiger partial charge in [0, 0.05) is 7.05 Å². The molecule has 0 radical (unpaired) electrons. The van der Waals surface area contributed by atoms with Crippen LogP contribution in [0.5, 0.6) is 11.6 Å². The van der Waals surface area contributed by atoms with Gasteiger partial charge >= 0.3 is 0 Å². The van der Waals surface area contributed by atoms with Crippen molar-refractivity contribution in [1.29, 1.82) is 0 Å². The van der Waals surface area contributed by atoms with Gasteiger partial charge in [-0.05, 0) is 37.5 Å². The first-order valence-electron chi connectivity index (χ1n) is 5.86. The Morgan fingerprint density at radius 2 is 1.78 bits per heavy atom. The van der Waals surface area contributed by atoms with E-state index in [1.165, 1.54) is 5.56 Å². The summed E-state index contributed by atoms with van der Waals surface area (Å²) in [7, 11) is 1.80. The molecule has 2 aromatic rings. The Labute approximate surface area is 107 Å². The first-order valence-corrected chi connectivity index (χ1v) is 5.86. The SMILES string of the molecule is CNc1cncc(Oc2c(C)ccc(C)c2C)n1. The molecular formula is C14H17N3O. The van der Waals surface area contributed by atoms with Gasteiger partial charge in [-0.2, -0.15) is 4.98 Å². The molecule has 0 fully saturated rings. The topological polar surface area (TPSA) is 47.0 Å². The maximum absolute atomic E-state index is 5.85. The molecule has 4 heteroatoms. The zero-order valence-electron chi connectivity index (χ0n) is 11.1. The Morgan fingerprint density at radius 1 is 1.06 bits per heavy atom. The molecule has 0 unspecified atom stereocenters. The molecule has 0 atom stereocenters. The fourth-order valence-electron chi connectivity index (χ4n) is 1.70. The lowest BCUT2D eigenvalue weighted by atomic mass is 10.1. The van der Waals surface area contributed by atoms with Crippen LogP contribution in [0.3, 0.4) is 0 Å². The van der Waals surface area contributed by atoms with Crippen LogP contribution in [0.15, 0.2) is 24.5 Å². The average Bonchev–Trinajstić information content (AvgIpc) is 2.39. The molecule has 94 valence electrons. The van der Waals surface area contributed by atoms with Crippen molar-refractivity contribution in [2.24, 2.45) is 0 Å². The van der Waals surface area contributed by atoms with Crippen LogP contribution in [0.25, 0.3) is 0 Å². The van der Waals surface area contributed by atoms with Crippen LogP contribution >= 0.6 is 0 Å². The van der Waals surface area contributed by atoms with Gasteiger partial charge < -0.3 is 10.1 Å². The van der Waals surface area contributed by atoms with E-state index in [4.69, 9.17) is 4.74 Å². The molecule has 0 aliphatic heterocycles. The van der Waals surface area contributed by atoms with E-state index in [2.05, 4.69) is 28.3 Å². The molecule has 1 aromatic heterocycles. The van der Waals surface area contributed by atoms with Crippen LogP contribution in [0.1, 0.15) is 16.7 Å². The van der Waals surface area contributed by atoms with Gasteiger partial charge in [-0.1, -0.05) is 12.1 Å². The normalized spacial score (nSPS) is 10.2. The maximum atomic E-state index is 5.85. The first kappa shape index (κ1) is 12.4. The van der Waals surface area contributed by atoms with Crippen LogP contribution in [0, 0.1) is 20.8 Å². The summed E-state index contributed by atoms with van der Waals surface area (Å²) in [4.78, 5) is 8.39. The van der Waals surface area contributed by atoms with E-state index in [9.17, 15) is 0 Å². The number of aromatic nitrogens is 2. The van der Waals surface area contributed by atoms with Crippen molar-refractivity contribution in [3.63, 3.8) is 0 Å². The van der Waals surface area contributed by atoms with E-state index in [1.54, 1.807) is 19.4 Å². The number of aryl methyl sites for hydroxylation is 2. The zero-order chi connectivity index (χ0) is 13.1. The lowest BCUT2D eigenvalue weighted by molar-refractivity contribution is 0.453. The first-order chi connectivity index (χ1) is 8.61. The highest BCUT2D eigenvalue weighted by atomic mass is 16.5. The zero-order valence-corrected chi connectivity index (χ0v) is 11.1. The fraction of sp³-hybridized carbons (Fsp3) is 0.286. The van der Waals surface area contributed by atoms with Crippen LogP contribution in [0.4, 0.5) is 5.82 Å². The monoisotopic (exact) mass is 243 g/mol. The molecule has 4 nitrogen and oxygen atoms in total. The minimum Gasteiger partial charge on any atom is -0.437 e. The molecule has 1 N–H and O–H groups in total. The predicted octanol–water partition coefficient (Wildman–Crippen LogP) is 3.24. The second kappa shape index (κ2) is 5.04. The van der Waals surface area contributed by atoms with Crippen LogP contribution in [-0.2, 0) is 0 Å². The van der Waals surface area contributed by atoms with E-state index in [0.717, 1.165) is 16.9 Å². The summed E-state index contributed by atoms with van der Waals surface area (Å²) in [6.07, 6.45) is 3.27. The van der Waals surface area contributed by atoms with Crippen molar-refractivity contribution in [3.8, 4) is 11.6 Å². The standard InChI is InChI=1S/C14H17N3O/c1-9-5-6-10(2)14(11(9)3)18-13-8-16-7-12(15-4)17-13/h5-8H,1-4H3,(H,15,17). The Hall–Kier alpha value is -2.10. The predicted molar refractivity (Wildman–Crippen MR) is 72.3 cm³/mol. The molecule has 0 amide bonds. The van der Waals surface area contributed by atoms with Gasteiger partial charge in [-0.15, -0.1) is 0 Å². The molecule has 1 aromatic carbocycles. The number of anilines is 1. The van der Waals surface area contributed by atoms with Crippen molar-refractivity contribution < 1.29 is 4.74 Å². The molecule has 18 heavy (non-hydrogen) atoms. The Morgan fingerprint density at radius 3 is 2.50 bits per heavy atom. The van der Waals surface area contributed by atoms with Gasteiger partial charge in [0.15, 0.2) is 0 Å². The van der Waals surface area contributed by atoms with Gasteiger partial charge in [0.2, 0.25) is 5.88 Å². The summed E-state index contributed by atoms with van der Waals surface area (Å²) in [5, 5.41) is 2.94. The van der Waals surface area contributed by atoms with E-state index in [-0.39, 0.29) is 0 Å². The van der Waals surface area contributed by atoms with E-state index >= 15 is 0 Å². The second-order valence-corrected chi connectivity index (χ2v) is 4.25. The smallest absolute Gasteiger partial charge is 0.239 e. The van der Waals surface area contributed by atoms with Crippen LogP contribution < -0.4 is 10.1 Å². The molecule has 0 saturated carbocycles. The third kappa shape index (κ3) is 2.42. The molecule has 0 aliphatic carbocycles. The van der Waals surface area contributed by atoms with Crippen molar-refractivity contribution in [3.05, 3.63) is 41.2 Å². The third-order valence-corrected chi connectivity index (χ3v) is 2.95. The van der Waals surface area contributed by atoms with E-state index in [0.29, 0.717) is 11.7 Å². The number of hydrogen-bond acceptors (Lipinski definition) is 4. The van der Waals surface area contributed by atoms with Crippen molar-refractivity contribution in [1.82, 2.24) is 9.97 Å². The van der Waals surface area contributed by atoms with Gasteiger partial charge in [-0.3, -0.25) is 4.98 Å². The average molecular weight is 243 g/mol. The van der Waals surface area contributed by atoms with E-state index in [1.807, 2.05) is 19.9 Å². The number of ether oxygens (including phenoxy) is 1. The highest BCUT2D eigenvalue weighted by Crippen LogP contribution is 2.29. The summed E-state index contributed by atoms with van der Waals surface area (Å²) in [5.74, 6) is 2.05. The lowest BCUT2D eigenvalue weighted by Crippen LogP contribution is -1.98. The Bertz CT molecular complexity index is 567. The quantitative estimate of drug-likeness (QED) is 0.899. The number of nitrogens with zero attached hydrogens (tertiary/aromatic N) is 2. The summed E-state index contributed by atoms with van der Waals surface area (Å²) >= 11 is 0. The minimum atomic E-state index is 0.499. The molecule has 0 saturated heterocycles. The molecule has 0 bridgehead atoms. The molecule has 1 heterocycles. The highest BCUT2D eigenvalue weighted by molar-refractivity contribution is 5.46. The van der Waals surface area contributed by atoms with Gasteiger partial charge in [0.05, 0.1) is 12.4 Å². The summed E-state index contributed by atoms with van der Waals surface area (Å²) in [5.41, 5.74) is 3.43. The fourth-order valence-corrected chi connectivity index (χ4v) is 1.70. The van der Waals surface area contributed by atoms with E-state index < -0.39 is 0 Å². The number of nitrogens with one attached hydrogen (secondary N) is 1.